The maximum atomic E-state index is 13.0. The van der Waals surface area contributed by atoms with Crippen LogP contribution in [0.25, 0.3) is 0 Å². The van der Waals surface area contributed by atoms with Crippen LogP contribution in [0, 0.1) is 5.92 Å². The second-order valence-electron chi connectivity index (χ2n) is 8.51. The molecule has 7 nitrogen and oxygen atoms in total. The van der Waals surface area contributed by atoms with Gasteiger partial charge in [-0.1, -0.05) is 26.7 Å². The molecule has 1 aromatic carbocycles. The Bertz CT molecular complexity index is 861. The van der Waals surface area contributed by atoms with E-state index < -0.39 is 16.1 Å². The molecule has 160 valence electrons. The molecule has 0 aromatic heterocycles. The van der Waals surface area contributed by atoms with Gasteiger partial charge < -0.3 is 10.6 Å². The highest BCUT2D eigenvalue weighted by atomic mass is 32.2. The molecule has 1 fully saturated rings. The van der Waals surface area contributed by atoms with Crippen LogP contribution in [0.2, 0.25) is 0 Å². The minimum absolute atomic E-state index is 0.0573. The number of nitrogens with one attached hydrogen (secondary N) is 3. The van der Waals surface area contributed by atoms with Crippen molar-refractivity contribution < 1.29 is 18.0 Å². The van der Waals surface area contributed by atoms with Gasteiger partial charge in [-0.15, -0.1) is 0 Å². The van der Waals surface area contributed by atoms with Crippen molar-refractivity contribution in [2.45, 2.75) is 82.2 Å². The number of rotatable bonds is 7. The number of anilines is 1. The smallest absolute Gasteiger partial charge is 0.241 e. The van der Waals surface area contributed by atoms with Crippen LogP contribution in [-0.4, -0.2) is 32.3 Å². The maximum absolute atomic E-state index is 13.0. The fourth-order valence-electron chi connectivity index (χ4n) is 4.03. The number of sulfonamides is 1. The zero-order chi connectivity index (χ0) is 21.0. The molecular weight excluding hydrogens is 390 g/mol. The fraction of sp³-hybridized carbons (Fsp3) is 0.619. The van der Waals surface area contributed by atoms with Gasteiger partial charge in [-0.2, -0.15) is 4.72 Å². The Morgan fingerprint density at radius 1 is 1.17 bits per heavy atom. The first-order valence-corrected chi connectivity index (χ1v) is 12.0. The molecule has 1 aliphatic carbocycles. The first kappa shape index (κ1) is 21.8. The molecule has 1 aliphatic heterocycles. The van der Waals surface area contributed by atoms with Crippen molar-refractivity contribution >= 4 is 27.5 Å². The summed E-state index contributed by atoms with van der Waals surface area (Å²) in [6, 6.07) is 4.04. The summed E-state index contributed by atoms with van der Waals surface area (Å²) in [5.41, 5.74) is 1.46. The van der Waals surface area contributed by atoms with E-state index in [2.05, 4.69) is 15.4 Å². The molecule has 0 saturated heterocycles. The summed E-state index contributed by atoms with van der Waals surface area (Å²) in [5, 5.41) is 5.82. The number of amides is 2. The predicted octanol–water partition coefficient (Wildman–Crippen LogP) is 2.71. The van der Waals surface area contributed by atoms with Crippen LogP contribution in [0.1, 0.15) is 64.4 Å². The minimum atomic E-state index is -3.87. The van der Waals surface area contributed by atoms with E-state index in [1.807, 2.05) is 13.8 Å². The summed E-state index contributed by atoms with van der Waals surface area (Å²) in [6.07, 6.45) is 6.25. The van der Waals surface area contributed by atoms with Crippen LogP contribution >= 0.6 is 0 Å². The largest absolute Gasteiger partial charge is 0.352 e. The lowest BCUT2D eigenvalue weighted by atomic mass is 10.0. The van der Waals surface area contributed by atoms with E-state index in [1.165, 1.54) is 6.07 Å². The normalized spacial score (nSPS) is 18.8. The maximum Gasteiger partial charge on any atom is 0.241 e. The number of fused-ring (bicyclic) bond motifs is 1. The summed E-state index contributed by atoms with van der Waals surface area (Å²) >= 11 is 0. The van der Waals surface area contributed by atoms with Crippen molar-refractivity contribution in [3.05, 3.63) is 23.8 Å². The van der Waals surface area contributed by atoms with Gasteiger partial charge in [0.25, 0.3) is 0 Å². The molecule has 3 rings (SSSR count). The van der Waals surface area contributed by atoms with E-state index in [9.17, 15) is 18.0 Å². The van der Waals surface area contributed by atoms with Crippen LogP contribution in [0.3, 0.4) is 0 Å². The molecular formula is C21H31N3O4S. The van der Waals surface area contributed by atoms with Crippen molar-refractivity contribution in [2.75, 3.05) is 5.32 Å². The monoisotopic (exact) mass is 421 g/mol. The van der Waals surface area contributed by atoms with Crippen molar-refractivity contribution in [3.63, 3.8) is 0 Å². The fourth-order valence-corrected chi connectivity index (χ4v) is 5.28. The first-order valence-electron chi connectivity index (χ1n) is 10.5. The molecule has 8 heteroatoms. The zero-order valence-electron chi connectivity index (χ0n) is 17.2. The summed E-state index contributed by atoms with van der Waals surface area (Å²) in [4.78, 5) is 24.6. The van der Waals surface area contributed by atoms with E-state index in [0.29, 0.717) is 31.4 Å². The van der Waals surface area contributed by atoms with E-state index in [1.54, 1.807) is 12.1 Å². The number of benzene rings is 1. The van der Waals surface area contributed by atoms with E-state index in [-0.39, 0.29) is 28.7 Å². The molecule has 0 bridgehead atoms. The molecule has 1 aromatic rings. The van der Waals surface area contributed by atoms with Crippen LogP contribution in [0.15, 0.2) is 23.1 Å². The van der Waals surface area contributed by atoms with Crippen LogP contribution in [0.4, 0.5) is 5.69 Å². The van der Waals surface area contributed by atoms with Crippen molar-refractivity contribution in [3.8, 4) is 0 Å². The van der Waals surface area contributed by atoms with Crippen LogP contribution in [-0.2, 0) is 26.0 Å². The molecule has 3 N–H and O–H groups in total. The molecule has 29 heavy (non-hydrogen) atoms. The molecule has 1 atom stereocenters. The second kappa shape index (κ2) is 9.26. The summed E-state index contributed by atoms with van der Waals surface area (Å²) in [6.45, 7) is 3.93. The van der Waals surface area contributed by atoms with Gasteiger partial charge in [0.2, 0.25) is 21.8 Å². The lowest BCUT2D eigenvalue weighted by Crippen LogP contribution is -2.49. The molecule has 0 radical (unpaired) electrons. The number of carbonyl (C=O) groups is 2. The van der Waals surface area contributed by atoms with Crippen molar-refractivity contribution in [1.29, 1.82) is 0 Å². The molecule has 0 spiro atoms. The van der Waals surface area contributed by atoms with Gasteiger partial charge in [-0.3, -0.25) is 9.59 Å². The van der Waals surface area contributed by atoms with E-state index in [0.717, 1.165) is 31.2 Å². The molecule has 1 heterocycles. The molecule has 2 aliphatic rings. The standard InChI is InChI=1S/C21H31N3O4S/c1-14(2)12-19(21(26)22-16-7-3-4-8-16)24-29(27,28)17-10-11-18-15(13-17)6-5-9-20(25)23-18/h10-11,13-14,16,19,24H,3-9,12H2,1-2H3,(H,22,26)(H,23,25)/t19-/m0/s1. The predicted molar refractivity (Wildman–Crippen MR) is 112 cm³/mol. The summed E-state index contributed by atoms with van der Waals surface area (Å²) in [5.74, 6) is -0.145. The first-order chi connectivity index (χ1) is 13.7. The third-order valence-electron chi connectivity index (χ3n) is 5.53. The molecule has 1 saturated carbocycles. The van der Waals surface area contributed by atoms with Gasteiger partial charge in [-0.25, -0.2) is 8.42 Å². The topological polar surface area (TPSA) is 104 Å². The third-order valence-corrected chi connectivity index (χ3v) is 7.00. The Balaban J connectivity index is 1.78. The number of hydrogen-bond donors (Lipinski definition) is 3. The van der Waals surface area contributed by atoms with E-state index in [4.69, 9.17) is 0 Å². The van der Waals surface area contributed by atoms with Crippen LogP contribution < -0.4 is 15.4 Å². The lowest BCUT2D eigenvalue weighted by molar-refractivity contribution is -0.123. The quantitative estimate of drug-likeness (QED) is 0.630. The highest BCUT2D eigenvalue weighted by molar-refractivity contribution is 7.89. The number of hydrogen-bond acceptors (Lipinski definition) is 4. The zero-order valence-corrected chi connectivity index (χ0v) is 18.0. The average Bonchev–Trinajstić information content (AvgIpc) is 3.07. The molecule has 0 unspecified atom stereocenters. The lowest BCUT2D eigenvalue weighted by Gasteiger charge is -2.22. The highest BCUT2D eigenvalue weighted by Gasteiger charge is 2.29. The SMILES string of the molecule is CC(C)C[C@H](NS(=O)(=O)c1ccc2c(c1)CCCC(=O)N2)C(=O)NC1CCCC1. The Morgan fingerprint density at radius 2 is 1.90 bits per heavy atom. The molecule has 2 amide bonds. The van der Waals surface area contributed by atoms with Gasteiger partial charge in [0.05, 0.1) is 4.90 Å². The van der Waals surface area contributed by atoms with E-state index >= 15 is 0 Å². The minimum Gasteiger partial charge on any atom is -0.352 e. The van der Waals surface area contributed by atoms with Gasteiger partial charge in [-0.05, 0) is 61.8 Å². The number of aryl methyl sites for hydroxylation is 1. The van der Waals surface area contributed by atoms with Gasteiger partial charge >= 0.3 is 0 Å². The Morgan fingerprint density at radius 3 is 2.59 bits per heavy atom. The van der Waals surface area contributed by atoms with Gasteiger partial charge in [0.1, 0.15) is 6.04 Å². The van der Waals surface area contributed by atoms with Crippen molar-refractivity contribution in [1.82, 2.24) is 10.0 Å². The number of carbonyl (C=O) groups excluding carboxylic acids is 2. The Hall–Kier alpha value is -1.93. The Labute approximate surface area is 173 Å². The van der Waals surface area contributed by atoms with Crippen molar-refractivity contribution in [2.24, 2.45) is 5.92 Å². The third kappa shape index (κ3) is 5.79. The Kier molecular flexibility index (Phi) is 6.95. The average molecular weight is 422 g/mol. The van der Waals surface area contributed by atoms with Gasteiger partial charge in [0.15, 0.2) is 0 Å². The van der Waals surface area contributed by atoms with Gasteiger partial charge in [0, 0.05) is 18.2 Å². The summed E-state index contributed by atoms with van der Waals surface area (Å²) in [7, 11) is -3.87. The second-order valence-corrected chi connectivity index (χ2v) is 10.2. The highest BCUT2D eigenvalue weighted by Crippen LogP contribution is 2.25. The summed E-state index contributed by atoms with van der Waals surface area (Å²) < 4.78 is 28.7. The van der Waals surface area contributed by atoms with Crippen LogP contribution in [0.5, 0.6) is 0 Å².